The number of urea groups is 1. The van der Waals surface area contributed by atoms with Crippen LogP contribution in [0.4, 0.5) is 4.79 Å². The van der Waals surface area contributed by atoms with Crippen LogP contribution in [0.15, 0.2) is 48.5 Å². The molecule has 2 aromatic carbocycles. The van der Waals surface area contributed by atoms with Crippen LogP contribution in [0.25, 0.3) is 0 Å². The first-order valence-corrected chi connectivity index (χ1v) is 8.51. The lowest BCUT2D eigenvalue weighted by molar-refractivity contribution is -0.132. The van der Waals surface area contributed by atoms with Gasteiger partial charge in [-0.15, -0.1) is 0 Å². The Kier molecular flexibility index (Phi) is 3.81. The van der Waals surface area contributed by atoms with Crippen LogP contribution < -0.4 is 5.32 Å². The molecule has 0 radical (unpaired) electrons. The number of carbonyl (C=O) groups excluding carboxylic acids is 2. The van der Waals surface area contributed by atoms with Gasteiger partial charge in [0.05, 0.1) is 13.2 Å². The van der Waals surface area contributed by atoms with E-state index in [4.69, 9.17) is 5.11 Å². The summed E-state index contributed by atoms with van der Waals surface area (Å²) < 4.78 is 0. The van der Waals surface area contributed by atoms with Crippen LogP contribution >= 0.6 is 0 Å². The first kappa shape index (κ1) is 15.8. The van der Waals surface area contributed by atoms with Crippen molar-refractivity contribution in [1.29, 1.82) is 0 Å². The molecule has 25 heavy (non-hydrogen) atoms. The molecular weight excluding hydrogens is 316 g/mol. The van der Waals surface area contributed by atoms with Crippen LogP contribution in [0.5, 0.6) is 0 Å². The lowest BCUT2D eigenvalue weighted by Crippen LogP contribution is -2.51. The summed E-state index contributed by atoms with van der Waals surface area (Å²) in [6.45, 7) is 0.228. The highest BCUT2D eigenvalue weighted by molar-refractivity contribution is 6.07. The Morgan fingerprint density at radius 2 is 1.68 bits per heavy atom. The molecule has 1 aliphatic carbocycles. The van der Waals surface area contributed by atoms with E-state index in [9.17, 15) is 9.59 Å². The average Bonchev–Trinajstić information content (AvgIpc) is 2.86. The summed E-state index contributed by atoms with van der Waals surface area (Å²) in [5.74, 6) is -0.141. The number of aliphatic hydroxyl groups excluding tert-OH is 1. The molecule has 1 unspecified atom stereocenters. The molecule has 1 atom stereocenters. The highest BCUT2D eigenvalue weighted by atomic mass is 16.3. The number of nitrogens with zero attached hydrogens (tertiary/aromatic N) is 1. The summed E-state index contributed by atoms with van der Waals surface area (Å²) in [7, 11) is 0. The summed E-state index contributed by atoms with van der Waals surface area (Å²) in [4.78, 5) is 26.8. The molecular formula is C20H20N2O3. The molecule has 5 nitrogen and oxygen atoms in total. The first-order chi connectivity index (χ1) is 12.1. The van der Waals surface area contributed by atoms with Crippen molar-refractivity contribution < 1.29 is 14.7 Å². The standard InChI is InChI=1S/C20H20N2O3/c23-13-15-7-5-14(6-8-15)12-22-18(24)20(21-19(22)25)10-9-16-3-1-2-4-17(16)11-20/h1-8,23H,9-13H2,(H,21,25). The van der Waals surface area contributed by atoms with Crippen LogP contribution in [-0.2, 0) is 30.8 Å². The molecule has 4 rings (SSSR count). The minimum atomic E-state index is -0.809. The van der Waals surface area contributed by atoms with E-state index in [1.54, 1.807) is 12.1 Å². The highest BCUT2D eigenvalue weighted by Gasteiger charge is 2.52. The van der Waals surface area contributed by atoms with Gasteiger partial charge in [-0.2, -0.15) is 0 Å². The number of fused-ring (bicyclic) bond motifs is 1. The molecule has 2 N–H and O–H groups in total. The van der Waals surface area contributed by atoms with Gasteiger partial charge in [0.1, 0.15) is 5.54 Å². The molecule has 5 heteroatoms. The summed E-state index contributed by atoms with van der Waals surface area (Å²) in [6.07, 6.45) is 1.98. The number of imide groups is 1. The van der Waals surface area contributed by atoms with Crippen LogP contribution in [-0.4, -0.2) is 27.5 Å². The maximum atomic E-state index is 13.0. The molecule has 2 aliphatic rings. The summed E-state index contributed by atoms with van der Waals surface area (Å²) in [5, 5.41) is 12.1. The topological polar surface area (TPSA) is 69.6 Å². The van der Waals surface area contributed by atoms with Gasteiger partial charge in [-0.3, -0.25) is 9.69 Å². The number of carbonyl (C=O) groups is 2. The van der Waals surface area contributed by atoms with E-state index in [-0.39, 0.29) is 25.1 Å². The number of hydrogen-bond donors (Lipinski definition) is 2. The summed E-state index contributed by atoms with van der Waals surface area (Å²) in [6, 6.07) is 15.1. The zero-order valence-electron chi connectivity index (χ0n) is 13.9. The van der Waals surface area contributed by atoms with Gasteiger partial charge >= 0.3 is 6.03 Å². The molecule has 3 amide bonds. The van der Waals surface area contributed by atoms with E-state index in [1.165, 1.54) is 10.5 Å². The normalized spacial score (nSPS) is 22.2. The largest absolute Gasteiger partial charge is 0.392 e. The van der Waals surface area contributed by atoms with Gasteiger partial charge in [-0.25, -0.2) is 4.79 Å². The molecule has 2 aromatic rings. The Bertz CT molecular complexity index is 831. The van der Waals surface area contributed by atoms with E-state index in [1.807, 2.05) is 30.3 Å². The smallest absolute Gasteiger partial charge is 0.325 e. The van der Waals surface area contributed by atoms with Gasteiger partial charge in [-0.1, -0.05) is 48.5 Å². The number of benzene rings is 2. The third kappa shape index (κ3) is 2.70. The van der Waals surface area contributed by atoms with Gasteiger partial charge in [0.15, 0.2) is 0 Å². The first-order valence-electron chi connectivity index (χ1n) is 8.51. The Hall–Kier alpha value is -2.66. The van der Waals surface area contributed by atoms with Gasteiger partial charge in [0.2, 0.25) is 0 Å². The minimum Gasteiger partial charge on any atom is -0.392 e. The number of aliphatic hydroxyl groups is 1. The predicted octanol–water partition coefficient (Wildman–Crippen LogP) is 2.16. The molecule has 1 saturated heterocycles. The highest BCUT2D eigenvalue weighted by Crippen LogP contribution is 2.34. The second-order valence-electron chi connectivity index (χ2n) is 6.82. The fourth-order valence-electron chi connectivity index (χ4n) is 3.78. The van der Waals surface area contributed by atoms with Gasteiger partial charge in [-0.05, 0) is 35.1 Å². The SMILES string of the molecule is O=C1NC2(CCc3ccccc3C2)C(=O)N1Cc1ccc(CO)cc1. The number of nitrogens with one attached hydrogen (secondary N) is 1. The molecule has 0 bridgehead atoms. The fraction of sp³-hybridized carbons (Fsp3) is 0.300. The van der Waals surface area contributed by atoms with Crippen molar-refractivity contribution in [2.75, 3.05) is 0 Å². The molecule has 128 valence electrons. The third-order valence-corrected chi connectivity index (χ3v) is 5.22. The summed E-state index contributed by atoms with van der Waals surface area (Å²) in [5.41, 5.74) is 3.26. The van der Waals surface area contributed by atoms with Crippen LogP contribution in [0.3, 0.4) is 0 Å². The van der Waals surface area contributed by atoms with Gasteiger partial charge in [0, 0.05) is 6.42 Å². The second kappa shape index (κ2) is 6.01. The third-order valence-electron chi connectivity index (χ3n) is 5.22. The van der Waals surface area contributed by atoms with Crippen molar-refractivity contribution in [3.8, 4) is 0 Å². The van der Waals surface area contributed by atoms with Crippen molar-refractivity contribution in [2.45, 2.75) is 38.0 Å². The quantitative estimate of drug-likeness (QED) is 0.844. The number of rotatable bonds is 3. The molecule has 0 aromatic heterocycles. The zero-order valence-corrected chi connectivity index (χ0v) is 13.9. The average molecular weight is 336 g/mol. The van der Waals surface area contributed by atoms with Crippen molar-refractivity contribution in [1.82, 2.24) is 10.2 Å². The molecule has 0 saturated carbocycles. The lowest BCUT2D eigenvalue weighted by atomic mass is 9.78. The Morgan fingerprint density at radius 1 is 1.00 bits per heavy atom. The van der Waals surface area contributed by atoms with Crippen LogP contribution in [0.1, 0.15) is 28.7 Å². The second-order valence-corrected chi connectivity index (χ2v) is 6.82. The summed E-state index contributed by atoms with van der Waals surface area (Å²) >= 11 is 0. The predicted molar refractivity (Wildman–Crippen MR) is 92.6 cm³/mol. The van der Waals surface area contributed by atoms with Crippen molar-refractivity contribution >= 4 is 11.9 Å². The number of aryl methyl sites for hydroxylation is 1. The zero-order chi connectivity index (χ0) is 17.4. The van der Waals surface area contributed by atoms with Gasteiger partial charge < -0.3 is 10.4 Å². The molecule has 1 fully saturated rings. The van der Waals surface area contributed by atoms with E-state index in [0.717, 1.165) is 23.1 Å². The molecule has 1 heterocycles. The van der Waals surface area contributed by atoms with Crippen molar-refractivity contribution in [3.05, 3.63) is 70.8 Å². The number of hydrogen-bond acceptors (Lipinski definition) is 3. The molecule has 1 aliphatic heterocycles. The van der Waals surface area contributed by atoms with E-state index in [2.05, 4.69) is 11.4 Å². The lowest BCUT2D eigenvalue weighted by Gasteiger charge is -2.32. The minimum absolute atomic E-state index is 0.0219. The molecule has 1 spiro atoms. The van der Waals surface area contributed by atoms with Crippen molar-refractivity contribution in [2.24, 2.45) is 0 Å². The number of amides is 3. The Labute approximate surface area is 146 Å². The van der Waals surface area contributed by atoms with E-state index >= 15 is 0 Å². The van der Waals surface area contributed by atoms with E-state index < -0.39 is 5.54 Å². The maximum Gasteiger partial charge on any atom is 0.325 e. The maximum absolute atomic E-state index is 13.0. The fourth-order valence-corrected chi connectivity index (χ4v) is 3.78. The van der Waals surface area contributed by atoms with Crippen LogP contribution in [0.2, 0.25) is 0 Å². The van der Waals surface area contributed by atoms with Gasteiger partial charge in [0.25, 0.3) is 5.91 Å². The Balaban J connectivity index is 1.56. The van der Waals surface area contributed by atoms with E-state index in [0.29, 0.717) is 12.8 Å². The van der Waals surface area contributed by atoms with Crippen molar-refractivity contribution in [3.63, 3.8) is 0 Å². The van der Waals surface area contributed by atoms with Crippen LogP contribution in [0, 0.1) is 0 Å². The monoisotopic (exact) mass is 336 g/mol. The Morgan fingerprint density at radius 3 is 2.40 bits per heavy atom.